The second-order valence-corrected chi connectivity index (χ2v) is 6.23. The van der Waals surface area contributed by atoms with Gasteiger partial charge in [-0.3, -0.25) is 0 Å². The average molecular weight is 273 g/mol. The molecule has 3 atom stereocenters. The van der Waals surface area contributed by atoms with Crippen LogP contribution in [0, 0.1) is 17.8 Å². The van der Waals surface area contributed by atoms with Gasteiger partial charge in [0.25, 0.3) is 0 Å². The van der Waals surface area contributed by atoms with Crippen LogP contribution < -0.4 is 10.1 Å². The summed E-state index contributed by atoms with van der Waals surface area (Å²) < 4.78 is 5.55. The Morgan fingerprint density at radius 2 is 1.75 bits per heavy atom. The summed E-state index contributed by atoms with van der Waals surface area (Å²) in [6, 6.07) is 9.29. The molecule has 110 valence electrons. The molecule has 2 nitrogen and oxygen atoms in total. The zero-order chi connectivity index (χ0) is 13.9. The summed E-state index contributed by atoms with van der Waals surface area (Å²) in [5.74, 6) is 3.83. The van der Waals surface area contributed by atoms with Crippen LogP contribution in [0.2, 0.25) is 0 Å². The first-order chi connectivity index (χ1) is 9.85. The third kappa shape index (κ3) is 2.71. The molecule has 2 aliphatic carbocycles. The molecule has 2 saturated carbocycles. The number of hydrogen-bond donors (Lipinski definition) is 1. The molecular weight excluding hydrogens is 246 g/mol. The number of hydrogen-bond acceptors (Lipinski definition) is 2. The predicted octanol–water partition coefficient (Wildman–Crippen LogP) is 4.17. The lowest BCUT2D eigenvalue weighted by molar-refractivity contribution is 0.340. The normalized spacial score (nSPS) is 29.6. The zero-order valence-corrected chi connectivity index (χ0v) is 12.8. The molecule has 20 heavy (non-hydrogen) atoms. The largest absolute Gasteiger partial charge is 0.494 e. The van der Waals surface area contributed by atoms with Crippen molar-refractivity contribution in [2.45, 2.75) is 45.6 Å². The van der Waals surface area contributed by atoms with Crippen LogP contribution in [-0.2, 0) is 0 Å². The lowest BCUT2D eigenvalue weighted by Crippen LogP contribution is -2.23. The van der Waals surface area contributed by atoms with E-state index in [1.165, 1.54) is 31.2 Å². The monoisotopic (exact) mass is 273 g/mol. The van der Waals surface area contributed by atoms with Gasteiger partial charge in [0, 0.05) is 6.04 Å². The number of fused-ring (bicyclic) bond motifs is 1. The average Bonchev–Trinajstić information content (AvgIpc) is 3.20. The fourth-order valence-corrected chi connectivity index (χ4v) is 4.18. The standard InChI is InChI=1S/C18H27NO/c1-3-19-18(17-15-7-5-6-8-16(15)17)13-9-11-14(12-10-13)20-4-2/h9-12,15-19H,3-8H2,1-2H3. The highest BCUT2D eigenvalue weighted by Crippen LogP contribution is 2.60. The fraction of sp³-hybridized carbons (Fsp3) is 0.667. The first kappa shape index (κ1) is 13.9. The van der Waals surface area contributed by atoms with Crippen molar-refractivity contribution in [3.63, 3.8) is 0 Å². The SMILES string of the molecule is CCNC(c1ccc(OCC)cc1)C1C2CCCCC21. The Morgan fingerprint density at radius 1 is 1.10 bits per heavy atom. The van der Waals surface area contributed by atoms with Crippen LogP contribution in [0.1, 0.15) is 51.1 Å². The Hall–Kier alpha value is -1.02. The predicted molar refractivity (Wildman–Crippen MR) is 83.0 cm³/mol. The highest BCUT2D eigenvalue weighted by molar-refractivity contribution is 5.31. The molecule has 0 aromatic heterocycles. The summed E-state index contributed by atoms with van der Waals surface area (Å²) in [5, 5.41) is 3.73. The number of nitrogens with one attached hydrogen (secondary N) is 1. The summed E-state index contributed by atoms with van der Waals surface area (Å²) in [6.45, 7) is 6.04. The Bertz CT molecular complexity index is 416. The number of benzene rings is 1. The van der Waals surface area contributed by atoms with Crippen molar-refractivity contribution in [1.29, 1.82) is 0 Å². The second kappa shape index (κ2) is 6.17. The van der Waals surface area contributed by atoms with Gasteiger partial charge in [-0.05, 0) is 61.8 Å². The maximum Gasteiger partial charge on any atom is 0.119 e. The van der Waals surface area contributed by atoms with E-state index in [2.05, 4.69) is 36.5 Å². The van der Waals surface area contributed by atoms with Crippen LogP contribution >= 0.6 is 0 Å². The molecule has 0 aliphatic heterocycles. The number of rotatable bonds is 6. The van der Waals surface area contributed by atoms with Gasteiger partial charge in [-0.1, -0.05) is 31.9 Å². The molecule has 1 aromatic carbocycles. The van der Waals surface area contributed by atoms with Crippen LogP contribution in [0.4, 0.5) is 0 Å². The van der Waals surface area contributed by atoms with Gasteiger partial charge in [0.2, 0.25) is 0 Å². The van der Waals surface area contributed by atoms with Crippen LogP contribution in [-0.4, -0.2) is 13.2 Å². The van der Waals surface area contributed by atoms with Crippen molar-refractivity contribution in [2.24, 2.45) is 17.8 Å². The summed E-state index contributed by atoms with van der Waals surface area (Å²) in [5.41, 5.74) is 1.44. The van der Waals surface area contributed by atoms with Crippen molar-refractivity contribution in [3.05, 3.63) is 29.8 Å². The second-order valence-electron chi connectivity index (χ2n) is 6.23. The van der Waals surface area contributed by atoms with E-state index >= 15 is 0 Å². The van der Waals surface area contributed by atoms with Crippen molar-refractivity contribution in [3.8, 4) is 5.75 Å². The van der Waals surface area contributed by atoms with E-state index in [1.807, 2.05) is 6.92 Å². The minimum absolute atomic E-state index is 0.545. The fourth-order valence-electron chi connectivity index (χ4n) is 4.18. The quantitative estimate of drug-likeness (QED) is 0.840. The lowest BCUT2D eigenvalue weighted by atomic mass is 9.99. The van der Waals surface area contributed by atoms with Gasteiger partial charge < -0.3 is 10.1 Å². The molecule has 2 heteroatoms. The van der Waals surface area contributed by atoms with Crippen LogP contribution in [0.15, 0.2) is 24.3 Å². The van der Waals surface area contributed by atoms with E-state index in [4.69, 9.17) is 4.74 Å². The van der Waals surface area contributed by atoms with Crippen LogP contribution in [0.5, 0.6) is 5.75 Å². The summed E-state index contributed by atoms with van der Waals surface area (Å²) >= 11 is 0. The molecule has 0 amide bonds. The first-order valence-corrected chi connectivity index (χ1v) is 8.31. The first-order valence-electron chi connectivity index (χ1n) is 8.31. The molecular formula is C18H27NO. The molecule has 1 N–H and O–H groups in total. The maximum absolute atomic E-state index is 5.55. The Morgan fingerprint density at radius 3 is 2.30 bits per heavy atom. The zero-order valence-electron chi connectivity index (χ0n) is 12.8. The number of ether oxygens (including phenoxy) is 1. The molecule has 0 bridgehead atoms. The van der Waals surface area contributed by atoms with E-state index in [0.29, 0.717) is 6.04 Å². The summed E-state index contributed by atoms with van der Waals surface area (Å²) in [6.07, 6.45) is 5.79. The third-order valence-corrected chi connectivity index (χ3v) is 5.08. The van der Waals surface area contributed by atoms with E-state index in [9.17, 15) is 0 Å². The minimum atomic E-state index is 0.545. The topological polar surface area (TPSA) is 21.3 Å². The molecule has 3 rings (SSSR count). The van der Waals surface area contributed by atoms with Crippen molar-refractivity contribution >= 4 is 0 Å². The highest BCUT2D eigenvalue weighted by Gasteiger charge is 2.54. The third-order valence-electron chi connectivity index (χ3n) is 5.08. The summed E-state index contributed by atoms with van der Waals surface area (Å²) in [7, 11) is 0. The van der Waals surface area contributed by atoms with E-state index in [1.54, 1.807) is 0 Å². The van der Waals surface area contributed by atoms with Crippen LogP contribution in [0.25, 0.3) is 0 Å². The smallest absolute Gasteiger partial charge is 0.119 e. The molecule has 2 fully saturated rings. The van der Waals surface area contributed by atoms with E-state index in [0.717, 1.165) is 36.7 Å². The molecule has 2 aliphatic rings. The van der Waals surface area contributed by atoms with Gasteiger partial charge in [-0.2, -0.15) is 0 Å². The van der Waals surface area contributed by atoms with Crippen LogP contribution in [0.3, 0.4) is 0 Å². The van der Waals surface area contributed by atoms with Crippen molar-refractivity contribution in [2.75, 3.05) is 13.2 Å². The molecule has 0 heterocycles. The maximum atomic E-state index is 5.55. The van der Waals surface area contributed by atoms with Gasteiger partial charge in [-0.25, -0.2) is 0 Å². The van der Waals surface area contributed by atoms with Crippen molar-refractivity contribution < 1.29 is 4.74 Å². The molecule has 0 spiro atoms. The highest BCUT2D eigenvalue weighted by atomic mass is 16.5. The Balaban J connectivity index is 1.73. The van der Waals surface area contributed by atoms with E-state index in [-0.39, 0.29) is 0 Å². The van der Waals surface area contributed by atoms with Gasteiger partial charge in [0.1, 0.15) is 5.75 Å². The Kier molecular flexibility index (Phi) is 4.30. The molecule has 1 aromatic rings. The minimum Gasteiger partial charge on any atom is -0.494 e. The van der Waals surface area contributed by atoms with Gasteiger partial charge in [0.05, 0.1) is 6.61 Å². The molecule has 3 unspecified atom stereocenters. The molecule has 0 saturated heterocycles. The Labute approximate surface area is 122 Å². The van der Waals surface area contributed by atoms with Gasteiger partial charge in [0.15, 0.2) is 0 Å². The van der Waals surface area contributed by atoms with Crippen molar-refractivity contribution in [1.82, 2.24) is 5.32 Å². The van der Waals surface area contributed by atoms with Gasteiger partial charge in [-0.15, -0.1) is 0 Å². The van der Waals surface area contributed by atoms with Gasteiger partial charge >= 0.3 is 0 Å². The van der Waals surface area contributed by atoms with E-state index < -0.39 is 0 Å². The molecule has 0 radical (unpaired) electrons. The lowest BCUT2D eigenvalue weighted by Gasteiger charge is -2.19. The summed E-state index contributed by atoms with van der Waals surface area (Å²) in [4.78, 5) is 0.